The lowest BCUT2D eigenvalue weighted by molar-refractivity contribution is 0.577. The molecule has 0 aliphatic carbocycles. The Bertz CT molecular complexity index is 611. The van der Waals surface area contributed by atoms with Crippen molar-refractivity contribution >= 4 is 11.6 Å². The molecule has 0 saturated carbocycles. The highest BCUT2D eigenvalue weighted by atomic mass is 35.5. The summed E-state index contributed by atoms with van der Waals surface area (Å²) < 4.78 is 27.4. The quantitative estimate of drug-likeness (QED) is 0.772. The second kappa shape index (κ2) is 7.01. The minimum Gasteiger partial charge on any atom is -0.320 e. The Morgan fingerprint density at radius 2 is 1.76 bits per heavy atom. The van der Waals surface area contributed by atoms with E-state index in [1.165, 1.54) is 5.56 Å². The summed E-state index contributed by atoms with van der Waals surface area (Å²) in [7, 11) is 0. The smallest absolute Gasteiger partial charge is 0.142 e. The van der Waals surface area contributed by atoms with Crippen molar-refractivity contribution in [1.29, 1.82) is 0 Å². The van der Waals surface area contributed by atoms with Crippen molar-refractivity contribution in [3.63, 3.8) is 0 Å². The van der Waals surface area contributed by atoms with Crippen molar-refractivity contribution in [3.8, 4) is 0 Å². The van der Waals surface area contributed by atoms with Crippen molar-refractivity contribution in [3.05, 3.63) is 69.7 Å². The standard InChI is InChI=1S/C17H18ClF2N/c1-2-3-4-11-5-7-12(8-6-11)17(21)13-9-16(20)14(18)10-15(13)19/h5-10,17H,2-4,21H2,1H3. The van der Waals surface area contributed by atoms with Gasteiger partial charge in [0.2, 0.25) is 0 Å². The zero-order valence-corrected chi connectivity index (χ0v) is 12.6. The van der Waals surface area contributed by atoms with E-state index in [4.69, 9.17) is 17.3 Å². The first-order valence-electron chi connectivity index (χ1n) is 7.01. The van der Waals surface area contributed by atoms with E-state index in [-0.39, 0.29) is 10.6 Å². The number of nitrogens with two attached hydrogens (primary N) is 1. The van der Waals surface area contributed by atoms with Crippen LogP contribution >= 0.6 is 11.6 Å². The number of unbranched alkanes of at least 4 members (excludes halogenated alkanes) is 1. The van der Waals surface area contributed by atoms with Crippen LogP contribution in [0.4, 0.5) is 8.78 Å². The molecule has 4 heteroatoms. The lowest BCUT2D eigenvalue weighted by atomic mass is 9.97. The molecule has 21 heavy (non-hydrogen) atoms. The van der Waals surface area contributed by atoms with Crippen LogP contribution in [-0.4, -0.2) is 0 Å². The molecule has 1 atom stereocenters. The van der Waals surface area contributed by atoms with Crippen LogP contribution in [0.1, 0.15) is 42.5 Å². The molecule has 0 saturated heterocycles. The fourth-order valence-corrected chi connectivity index (χ4v) is 2.38. The molecule has 2 aromatic carbocycles. The van der Waals surface area contributed by atoms with Gasteiger partial charge in [0.25, 0.3) is 0 Å². The van der Waals surface area contributed by atoms with Gasteiger partial charge in [-0.1, -0.05) is 49.2 Å². The number of halogens is 3. The molecule has 1 nitrogen and oxygen atoms in total. The highest BCUT2D eigenvalue weighted by molar-refractivity contribution is 6.30. The summed E-state index contributed by atoms with van der Waals surface area (Å²) in [6, 6.07) is 9.00. The molecule has 0 bridgehead atoms. The first-order valence-corrected chi connectivity index (χ1v) is 7.39. The van der Waals surface area contributed by atoms with Crippen molar-refractivity contribution in [1.82, 2.24) is 0 Å². The van der Waals surface area contributed by atoms with E-state index in [1.54, 1.807) is 0 Å². The first-order chi connectivity index (χ1) is 10.0. The van der Waals surface area contributed by atoms with Gasteiger partial charge in [-0.05, 0) is 36.1 Å². The van der Waals surface area contributed by atoms with Gasteiger partial charge in [0, 0.05) is 5.56 Å². The number of rotatable bonds is 5. The highest BCUT2D eigenvalue weighted by Gasteiger charge is 2.16. The first kappa shape index (κ1) is 15.9. The number of aryl methyl sites for hydroxylation is 1. The van der Waals surface area contributed by atoms with Crippen LogP contribution in [0, 0.1) is 11.6 Å². The van der Waals surface area contributed by atoms with Crippen LogP contribution in [-0.2, 0) is 6.42 Å². The Labute approximate surface area is 128 Å². The average Bonchev–Trinajstić information content (AvgIpc) is 2.48. The van der Waals surface area contributed by atoms with Crippen LogP contribution in [0.5, 0.6) is 0 Å². The second-order valence-electron chi connectivity index (χ2n) is 5.11. The van der Waals surface area contributed by atoms with E-state index in [0.717, 1.165) is 37.0 Å². The minimum atomic E-state index is -0.711. The summed E-state index contributed by atoms with van der Waals surface area (Å²) in [6.07, 6.45) is 3.27. The van der Waals surface area contributed by atoms with Crippen LogP contribution in [0.25, 0.3) is 0 Å². The molecule has 0 aliphatic heterocycles. The molecule has 112 valence electrons. The van der Waals surface area contributed by atoms with Gasteiger partial charge in [0.1, 0.15) is 11.6 Å². The van der Waals surface area contributed by atoms with Crippen LogP contribution < -0.4 is 5.73 Å². The molecule has 0 radical (unpaired) electrons. The Morgan fingerprint density at radius 3 is 2.38 bits per heavy atom. The van der Waals surface area contributed by atoms with Gasteiger partial charge in [0.05, 0.1) is 11.1 Å². The van der Waals surface area contributed by atoms with E-state index < -0.39 is 17.7 Å². The van der Waals surface area contributed by atoms with E-state index in [0.29, 0.717) is 0 Å². The van der Waals surface area contributed by atoms with Gasteiger partial charge in [0.15, 0.2) is 0 Å². The topological polar surface area (TPSA) is 26.0 Å². The molecular weight excluding hydrogens is 292 g/mol. The van der Waals surface area contributed by atoms with Gasteiger partial charge in [-0.15, -0.1) is 0 Å². The zero-order valence-electron chi connectivity index (χ0n) is 11.9. The maximum atomic E-state index is 13.9. The van der Waals surface area contributed by atoms with Crippen molar-refractivity contribution in [2.45, 2.75) is 32.2 Å². The van der Waals surface area contributed by atoms with E-state index in [9.17, 15) is 8.78 Å². The number of hydrogen-bond donors (Lipinski definition) is 1. The predicted molar refractivity (Wildman–Crippen MR) is 82.5 cm³/mol. The minimum absolute atomic E-state index is 0.109. The van der Waals surface area contributed by atoms with E-state index in [2.05, 4.69) is 6.92 Å². The van der Waals surface area contributed by atoms with Gasteiger partial charge in [-0.3, -0.25) is 0 Å². The van der Waals surface area contributed by atoms with Gasteiger partial charge >= 0.3 is 0 Å². The van der Waals surface area contributed by atoms with Crippen molar-refractivity contribution in [2.24, 2.45) is 5.73 Å². The molecule has 2 aromatic rings. The number of hydrogen-bond acceptors (Lipinski definition) is 1. The van der Waals surface area contributed by atoms with Crippen molar-refractivity contribution < 1.29 is 8.78 Å². The van der Waals surface area contributed by atoms with E-state index in [1.807, 2.05) is 24.3 Å². The Hall–Kier alpha value is -1.45. The SMILES string of the molecule is CCCCc1ccc(C(N)c2cc(F)c(Cl)cc2F)cc1. The van der Waals surface area contributed by atoms with Crippen LogP contribution in [0.3, 0.4) is 0 Å². The molecule has 0 amide bonds. The summed E-state index contributed by atoms with van der Waals surface area (Å²) in [5.74, 6) is -1.26. The van der Waals surface area contributed by atoms with Gasteiger partial charge in [-0.2, -0.15) is 0 Å². The van der Waals surface area contributed by atoms with Crippen LogP contribution in [0.2, 0.25) is 5.02 Å². The monoisotopic (exact) mass is 309 g/mol. The third-order valence-electron chi connectivity index (χ3n) is 3.53. The molecule has 0 aliphatic rings. The zero-order chi connectivity index (χ0) is 15.4. The van der Waals surface area contributed by atoms with Crippen molar-refractivity contribution in [2.75, 3.05) is 0 Å². The molecule has 2 rings (SSSR count). The third kappa shape index (κ3) is 3.80. The Kier molecular flexibility index (Phi) is 5.32. The van der Waals surface area contributed by atoms with Gasteiger partial charge in [-0.25, -0.2) is 8.78 Å². The summed E-state index contributed by atoms with van der Waals surface area (Å²) in [4.78, 5) is 0. The fourth-order valence-electron chi connectivity index (χ4n) is 2.23. The maximum Gasteiger partial charge on any atom is 0.142 e. The Morgan fingerprint density at radius 1 is 1.10 bits per heavy atom. The molecular formula is C17H18ClF2N. The van der Waals surface area contributed by atoms with Gasteiger partial charge < -0.3 is 5.73 Å². The second-order valence-corrected chi connectivity index (χ2v) is 5.52. The maximum absolute atomic E-state index is 13.9. The normalized spacial score (nSPS) is 12.4. The summed E-state index contributed by atoms with van der Waals surface area (Å²) >= 11 is 5.55. The number of benzene rings is 2. The average molecular weight is 310 g/mol. The predicted octanol–water partition coefficient (Wildman–Crippen LogP) is 5.01. The largest absolute Gasteiger partial charge is 0.320 e. The molecule has 0 aromatic heterocycles. The fraction of sp³-hybridized carbons (Fsp3) is 0.294. The Balaban J connectivity index is 2.23. The molecule has 2 N–H and O–H groups in total. The third-order valence-corrected chi connectivity index (χ3v) is 3.82. The lowest BCUT2D eigenvalue weighted by Gasteiger charge is -2.14. The highest BCUT2D eigenvalue weighted by Crippen LogP contribution is 2.27. The summed E-state index contributed by atoms with van der Waals surface area (Å²) in [5, 5.41) is -0.238. The summed E-state index contributed by atoms with van der Waals surface area (Å²) in [5.41, 5.74) is 8.11. The summed E-state index contributed by atoms with van der Waals surface area (Å²) in [6.45, 7) is 2.14. The van der Waals surface area contributed by atoms with Crippen LogP contribution in [0.15, 0.2) is 36.4 Å². The molecule has 0 heterocycles. The van der Waals surface area contributed by atoms with E-state index >= 15 is 0 Å². The molecule has 1 unspecified atom stereocenters. The molecule has 0 spiro atoms. The lowest BCUT2D eigenvalue weighted by Crippen LogP contribution is -2.14. The molecule has 0 fully saturated rings.